The SMILES string of the molecule is CN1CCN([C@H]2CCN(C(=O)CCCc3cn[nH]c3)C[C@H]2CCC(=O)O)CC1. The number of amides is 1. The monoisotopic (exact) mass is 391 g/mol. The first kappa shape index (κ1) is 20.8. The van der Waals surface area contributed by atoms with E-state index in [2.05, 4.69) is 27.0 Å². The highest BCUT2D eigenvalue weighted by Crippen LogP contribution is 2.27. The minimum absolute atomic E-state index is 0.178. The average molecular weight is 392 g/mol. The van der Waals surface area contributed by atoms with Gasteiger partial charge in [-0.3, -0.25) is 19.6 Å². The lowest BCUT2D eigenvalue weighted by Gasteiger charge is -2.46. The second-order valence-electron chi connectivity index (χ2n) is 8.19. The van der Waals surface area contributed by atoms with Crippen LogP contribution in [0.15, 0.2) is 12.4 Å². The molecule has 2 saturated heterocycles. The van der Waals surface area contributed by atoms with Gasteiger partial charge in [0, 0.05) is 64.3 Å². The molecular weight excluding hydrogens is 358 g/mol. The number of hydrogen-bond acceptors (Lipinski definition) is 5. The van der Waals surface area contributed by atoms with E-state index in [1.165, 1.54) is 0 Å². The Bertz CT molecular complexity index is 628. The number of piperidine rings is 1. The van der Waals surface area contributed by atoms with Crippen molar-refractivity contribution < 1.29 is 14.7 Å². The van der Waals surface area contributed by atoms with Crippen LogP contribution < -0.4 is 0 Å². The number of carboxylic acids is 1. The normalized spacial score (nSPS) is 24.4. The highest BCUT2D eigenvalue weighted by molar-refractivity contribution is 5.76. The standard InChI is InChI=1S/C20H33N5O3/c1-23-9-11-24(12-10-23)18-7-8-25(15-17(18)5-6-20(27)28)19(26)4-2-3-16-13-21-22-14-16/h13-14,17-18H,2-12,15H2,1H3,(H,21,22)(H,27,28)/t17-,18+/m1/s1. The number of nitrogens with one attached hydrogen (secondary N) is 1. The van der Waals surface area contributed by atoms with Crippen molar-refractivity contribution in [1.82, 2.24) is 24.9 Å². The predicted octanol–water partition coefficient (Wildman–Crippen LogP) is 1.06. The molecule has 1 amide bonds. The van der Waals surface area contributed by atoms with Crippen LogP contribution >= 0.6 is 0 Å². The molecule has 0 saturated carbocycles. The molecule has 8 nitrogen and oxygen atoms in total. The van der Waals surface area contributed by atoms with Crippen LogP contribution in [0.25, 0.3) is 0 Å². The first-order valence-electron chi connectivity index (χ1n) is 10.4. The Morgan fingerprint density at radius 1 is 1.21 bits per heavy atom. The van der Waals surface area contributed by atoms with E-state index in [4.69, 9.17) is 5.11 Å². The van der Waals surface area contributed by atoms with Crippen LogP contribution in [0.2, 0.25) is 0 Å². The van der Waals surface area contributed by atoms with Gasteiger partial charge < -0.3 is 14.9 Å². The minimum Gasteiger partial charge on any atom is -0.481 e. The smallest absolute Gasteiger partial charge is 0.303 e. The Balaban J connectivity index is 1.53. The van der Waals surface area contributed by atoms with Crippen LogP contribution in [0.1, 0.15) is 37.7 Å². The summed E-state index contributed by atoms with van der Waals surface area (Å²) in [5.41, 5.74) is 1.13. The second-order valence-corrected chi connectivity index (χ2v) is 8.19. The van der Waals surface area contributed by atoms with E-state index in [9.17, 15) is 9.59 Å². The molecule has 0 unspecified atom stereocenters. The van der Waals surface area contributed by atoms with Gasteiger partial charge in [0.2, 0.25) is 5.91 Å². The first-order chi connectivity index (χ1) is 13.5. The van der Waals surface area contributed by atoms with Gasteiger partial charge in [0.15, 0.2) is 0 Å². The molecule has 0 aliphatic carbocycles. The minimum atomic E-state index is -0.749. The topological polar surface area (TPSA) is 92.8 Å². The Labute approximate surface area is 166 Å². The number of nitrogens with zero attached hydrogens (tertiary/aromatic N) is 4. The van der Waals surface area contributed by atoms with Crippen LogP contribution in [0.5, 0.6) is 0 Å². The third-order valence-corrected chi connectivity index (χ3v) is 6.19. The van der Waals surface area contributed by atoms with Gasteiger partial charge in [0.05, 0.1) is 6.20 Å². The maximum atomic E-state index is 12.7. The number of hydrogen-bond donors (Lipinski definition) is 2. The summed E-state index contributed by atoms with van der Waals surface area (Å²) < 4.78 is 0. The van der Waals surface area contributed by atoms with E-state index < -0.39 is 5.97 Å². The lowest BCUT2D eigenvalue weighted by Crippen LogP contribution is -2.57. The third kappa shape index (κ3) is 5.78. The number of likely N-dealkylation sites (N-methyl/N-ethyl adjacent to an activating group) is 1. The summed E-state index contributed by atoms with van der Waals surface area (Å²) in [6.07, 6.45) is 7.64. The molecule has 1 aromatic heterocycles. The van der Waals surface area contributed by atoms with Gasteiger partial charge in [-0.2, -0.15) is 5.10 Å². The predicted molar refractivity (Wildman–Crippen MR) is 106 cm³/mol. The summed E-state index contributed by atoms with van der Waals surface area (Å²) in [5, 5.41) is 15.9. The number of carbonyl (C=O) groups excluding carboxylic acids is 1. The molecule has 3 rings (SSSR count). The van der Waals surface area contributed by atoms with Gasteiger partial charge >= 0.3 is 5.97 Å². The van der Waals surface area contributed by atoms with Gasteiger partial charge in [0.1, 0.15) is 0 Å². The molecule has 2 aliphatic heterocycles. The molecule has 3 heterocycles. The van der Waals surface area contributed by atoms with Crippen molar-refractivity contribution in [2.75, 3.05) is 46.3 Å². The number of carbonyl (C=O) groups is 2. The largest absolute Gasteiger partial charge is 0.481 e. The number of aromatic amines is 1. The molecule has 2 N–H and O–H groups in total. The molecule has 0 bridgehead atoms. The second kappa shape index (κ2) is 10.0. The van der Waals surface area contributed by atoms with E-state index in [0.717, 1.165) is 57.5 Å². The van der Waals surface area contributed by atoms with Crippen molar-refractivity contribution in [3.05, 3.63) is 18.0 Å². The molecule has 0 aromatic carbocycles. The zero-order chi connectivity index (χ0) is 19.9. The molecule has 8 heteroatoms. The van der Waals surface area contributed by atoms with E-state index in [1.807, 2.05) is 11.1 Å². The summed E-state index contributed by atoms with van der Waals surface area (Å²) >= 11 is 0. The molecule has 2 atom stereocenters. The van der Waals surface area contributed by atoms with E-state index in [0.29, 0.717) is 25.4 Å². The number of H-pyrrole nitrogens is 1. The van der Waals surface area contributed by atoms with Gasteiger partial charge in [-0.1, -0.05) is 0 Å². The maximum Gasteiger partial charge on any atom is 0.303 e. The number of carboxylic acid groups (broad SMARTS) is 1. The summed E-state index contributed by atoms with van der Waals surface area (Å²) in [7, 11) is 2.14. The number of piperazine rings is 1. The molecule has 0 radical (unpaired) electrons. The van der Waals surface area contributed by atoms with Gasteiger partial charge in [-0.05, 0) is 44.2 Å². The van der Waals surface area contributed by atoms with Crippen LogP contribution in [0, 0.1) is 5.92 Å². The zero-order valence-corrected chi connectivity index (χ0v) is 16.8. The van der Waals surface area contributed by atoms with Crippen molar-refractivity contribution in [1.29, 1.82) is 0 Å². The third-order valence-electron chi connectivity index (χ3n) is 6.19. The first-order valence-corrected chi connectivity index (χ1v) is 10.4. The summed E-state index contributed by atoms with van der Waals surface area (Å²) in [6, 6.07) is 0.392. The van der Waals surface area contributed by atoms with Crippen molar-refractivity contribution in [2.24, 2.45) is 5.92 Å². The van der Waals surface area contributed by atoms with Crippen molar-refractivity contribution >= 4 is 11.9 Å². The Hall–Kier alpha value is -1.93. The fourth-order valence-electron chi connectivity index (χ4n) is 4.49. The fraction of sp³-hybridized carbons (Fsp3) is 0.750. The fourth-order valence-corrected chi connectivity index (χ4v) is 4.49. The van der Waals surface area contributed by atoms with Gasteiger partial charge in [-0.25, -0.2) is 0 Å². The Kier molecular flexibility index (Phi) is 7.44. The molecule has 156 valence electrons. The van der Waals surface area contributed by atoms with E-state index in [-0.39, 0.29) is 18.2 Å². The molecule has 28 heavy (non-hydrogen) atoms. The highest BCUT2D eigenvalue weighted by atomic mass is 16.4. The Morgan fingerprint density at radius 3 is 2.68 bits per heavy atom. The molecular formula is C20H33N5O3. The number of likely N-dealkylation sites (tertiary alicyclic amines) is 1. The molecule has 2 aliphatic rings. The number of aryl methyl sites for hydroxylation is 1. The summed E-state index contributed by atoms with van der Waals surface area (Å²) in [5.74, 6) is -0.313. The van der Waals surface area contributed by atoms with Crippen LogP contribution in [0.3, 0.4) is 0 Å². The van der Waals surface area contributed by atoms with E-state index >= 15 is 0 Å². The maximum absolute atomic E-state index is 12.7. The molecule has 1 aromatic rings. The Morgan fingerprint density at radius 2 is 2.00 bits per heavy atom. The number of rotatable bonds is 8. The van der Waals surface area contributed by atoms with Gasteiger partial charge in [-0.15, -0.1) is 0 Å². The highest BCUT2D eigenvalue weighted by Gasteiger charge is 2.35. The van der Waals surface area contributed by atoms with Crippen LogP contribution in [-0.4, -0.2) is 94.2 Å². The van der Waals surface area contributed by atoms with Gasteiger partial charge in [0.25, 0.3) is 0 Å². The number of aliphatic carboxylic acids is 1. The summed E-state index contributed by atoms with van der Waals surface area (Å²) in [6.45, 7) is 5.64. The number of aromatic nitrogens is 2. The summed E-state index contributed by atoms with van der Waals surface area (Å²) in [4.78, 5) is 30.7. The molecule has 2 fully saturated rings. The lowest BCUT2D eigenvalue weighted by atomic mass is 9.86. The van der Waals surface area contributed by atoms with Crippen molar-refractivity contribution in [3.8, 4) is 0 Å². The quantitative estimate of drug-likeness (QED) is 0.688. The zero-order valence-electron chi connectivity index (χ0n) is 16.8. The molecule has 0 spiro atoms. The van der Waals surface area contributed by atoms with Crippen LogP contribution in [-0.2, 0) is 16.0 Å². The van der Waals surface area contributed by atoms with Crippen LogP contribution in [0.4, 0.5) is 0 Å². The lowest BCUT2D eigenvalue weighted by molar-refractivity contribution is -0.138. The van der Waals surface area contributed by atoms with Crippen molar-refractivity contribution in [2.45, 2.75) is 44.6 Å². The van der Waals surface area contributed by atoms with Crippen molar-refractivity contribution in [3.63, 3.8) is 0 Å². The van der Waals surface area contributed by atoms with E-state index in [1.54, 1.807) is 6.20 Å². The average Bonchev–Trinajstić information content (AvgIpc) is 3.20.